The topological polar surface area (TPSA) is 67.4 Å². The second-order valence-corrected chi connectivity index (χ2v) is 5.89. The van der Waals surface area contributed by atoms with Crippen molar-refractivity contribution in [2.24, 2.45) is 0 Å². The first-order valence-corrected chi connectivity index (χ1v) is 7.80. The molecule has 24 heavy (non-hydrogen) atoms. The van der Waals surface area contributed by atoms with E-state index in [0.29, 0.717) is 22.1 Å². The van der Waals surface area contributed by atoms with E-state index in [4.69, 9.17) is 27.9 Å². The first-order valence-electron chi connectivity index (χ1n) is 7.05. The molecule has 2 aromatic rings. The highest BCUT2D eigenvalue weighted by Crippen LogP contribution is 2.32. The molecule has 7 heteroatoms. The number of carbonyl (C=O) groups is 2. The molecule has 0 saturated heterocycles. The predicted molar refractivity (Wildman–Crippen MR) is 96.4 cm³/mol. The Hall–Kier alpha value is -2.24. The van der Waals surface area contributed by atoms with Gasteiger partial charge in [-0.3, -0.25) is 9.59 Å². The Labute approximate surface area is 149 Å². The van der Waals surface area contributed by atoms with Gasteiger partial charge in [0.2, 0.25) is 5.91 Å². The number of methoxy groups -OCH3 is 1. The number of nitrogens with one attached hydrogen (secondary N) is 2. The molecule has 0 aromatic heterocycles. The molecule has 0 radical (unpaired) electrons. The number of rotatable bonds is 4. The molecule has 0 bridgehead atoms. The Bertz CT molecular complexity index is 807. The van der Waals surface area contributed by atoms with Crippen molar-refractivity contribution in [3.63, 3.8) is 0 Å². The lowest BCUT2D eigenvalue weighted by Crippen LogP contribution is -2.15. The third-order valence-corrected chi connectivity index (χ3v) is 4.08. The molecule has 2 rings (SSSR count). The second kappa shape index (κ2) is 7.55. The van der Waals surface area contributed by atoms with Gasteiger partial charge in [-0.25, -0.2) is 0 Å². The van der Waals surface area contributed by atoms with Crippen molar-refractivity contribution in [2.75, 3.05) is 17.7 Å². The van der Waals surface area contributed by atoms with Gasteiger partial charge in [-0.2, -0.15) is 0 Å². The summed E-state index contributed by atoms with van der Waals surface area (Å²) >= 11 is 12.2. The summed E-state index contributed by atoms with van der Waals surface area (Å²) in [6.07, 6.45) is 0. The van der Waals surface area contributed by atoms with Crippen molar-refractivity contribution >= 4 is 46.4 Å². The molecule has 0 unspecified atom stereocenters. The van der Waals surface area contributed by atoms with E-state index in [1.165, 1.54) is 26.2 Å². The number of ether oxygens (including phenoxy) is 1. The molecule has 0 atom stereocenters. The van der Waals surface area contributed by atoms with Crippen LogP contribution in [0.2, 0.25) is 10.0 Å². The van der Waals surface area contributed by atoms with E-state index in [1.807, 2.05) is 6.92 Å². The third kappa shape index (κ3) is 3.99. The van der Waals surface area contributed by atoms with Crippen molar-refractivity contribution in [1.29, 1.82) is 0 Å². The van der Waals surface area contributed by atoms with Crippen molar-refractivity contribution in [3.8, 4) is 5.75 Å². The van der Waals surface area contributed by atoms with Gasteiger partial charge >= 0.3 is 0 Å². The van der Waals surface area contributed by atoms with Gasteiger partial charge in [-0.1, -0.05) is 29.3 Å². The molecule has 0 spiro atoms. The van der Waals surface area contributed by atoms with Crippen LogP contribution >= 0.6 is 23.2 Å². The highest BCUT2D eigenvalue weighted by molar-refractivity contribution is 6.34. The van der Waals surface area contributed by atoms with Gasteiger partial charge < -0.3 is 15.4 Å². The van der Waals surface area contributed by atoms with Gasteiger partial charge in [0.05, 0.1) is 23.4 Å². The number of carbonyl (C=O) groups excluding carboxylic acids is 2. The smallest absolute Gasteiger partial charge is 0.259 e. The summed E-state index contributed by atoms with van der Waals surface area (Å²) in [5, 5.41) is 6.15. The van der Waals surface area contributed by atoms with E-state index in [0.717, 1.165) is 5.56 Å². The van der Waals surface area contributed by atoms with E-state index in [1.54, 1.807) is 18.2 Å². The van der Waals surface area contributed by atoms with Crippen LogP contribution in [0.1, 0.15) is 22.8 Å². The van der Waals surface area contributed by atoms with Crippen LogP contribution in [0.3, 0.4) is 0 Å². The molecule has 126 valence electrons. The van der Waals surface area contributed by atoms with E-state index in [9.17, 15) is 9.59 Å². The van der Waals surface area contributed by atoms with Crippen LogP contribution in [0, 0.1) is 6.92 Å². The molecular formula is C17H16Cl2N2O3. The lowest BCUT2D eigenvalue weighted by Gasteiger charge is -2.14. The van der Waals surface area contributed by atoms with Gasteiger partial charge in [0.1, 0.15) is 5.75 Å². The molecule has 5 nitrogen and oxygen atoms in total. The minimum atomic E-state index is -0.395. The maximum absolute atomic E-state index is 12.6. The maximum atomic E-state index is 12.6. The highest BCUT2D eigenvalue weighted by Gasteiger charge is 2.17. The zero-order chi connectivity index (χ0) is 17.9. The van der Waals surface area contributed by atoms with Gasteiger partial charge in [0.15, 0.2) is 0 Å². The number of benzene rings is 2. The zero-order valence-corrected chi connectivity index (χ0v) is 14.9. The van der Waals surface area contributed by atoms with Crippen LogP contribution in [0.15, 0.2) is 30.3 Å². The van der Waals surface area contributed by atoms with Crippen LogP contribution in [-0.4, -0.2) is 18.9 Å². The first kappa shape index (κ1) is 18.1. The van der Waals surface area contributed by atoms with Crippen molar-refractivity contribution in [1.82, 2.24) is 0 Å². The van der Waals surface area contributed by atoms with Crippen LogP contribution in [0.4, 0.5) is 11.4 Å². The Kier molecular flexibility index (Phi) is 5.70. The summed E-state index contributed by atoms with van der Waals surface area (Å²) in [5.74, 6) is -0.375. The van der Waals surface area contributed by atoms with E-state index in [2.05, 4.69) is 10.6 Å². The molecule has 0 saturated carbocycles. The zero-order valence-electron chi connectivity index (χ0n) is 13.4. The minimum absolute atomic E-state index is 0.235. The maximum Gasteiger partial charge on any atom is 0.259 e. The number of anilines is 2. The molecule has 2 N–H and O–H groups in total. The quantitative estimate of drug-likeness (QED) is 0.835. The van der Waals surface area contributed by atoms with Gasteiger partial charge in [0, 0.05) is 23.7 Å². The van der Waals surface area contributed by atoms with Gasteiger partial charge in [0.25, 0.3) is 5.91 Å². The Morgan fingerprint density at radius 1 is 1.04 bits per heavy atom. The van der Waals surface area contributed by atoms with Crippen LogP contribution in [0.5, 0.6) is 5.75 Å². The molecular weight excluding hydrogens is 351 g/mol. The summed E-state index contributed by atoms with van der Waals surface area (Å²) in [4.78, 5) is 23.8. The number of hydrogen-bond acceptors (Lipinski definition) is 3. The summed E-state index contributed by atoms with van der Waals surface area (Å²) in [6, 6.07) is 8.18. The molecule has 0 aliphatic carbocycles. The van der Waals surface area contributed by atoms with Gasteiger partial charge in [-0.15, -0.1) is 0 Å². The summed E-state index contributed by atoms with van der Waals surface area (Å²) in [6.45, 7) is 3.17. The normalized spacial score (nSPS) is 10.2. The molecule has 0 aliphatic rings. The fourth-order valence-corrected chi connectivity index (χ4v) is 2.50. The third-order valence-electron chi connectivity index (χ3n) is 3.36. The lowest BCUT2D eigenvalue weighted by atomic mass is 10.1. The average molecular weight is 367 g/mol. The van der Waals surface area contributed by atoms with Gasteiger partial charge in [-0.05, 0) is 30.7 Å². The Morgan fingerprint density at radius 2 is 1.75 bits per heavy atom. The van der Waals surface area contributed by atoms with E-state index >= 15 is 0 Å². The van der Waals surface area contributed by atoms with E-state index < -0.39 is 5.91 Å². The van der Waals surface area contributed by atoms with Crippen molar-refractivity contribution in [3.05, 3.63) is 51.5 Å². The van der Waals surface area contributed by atoms with E-state index in [-0.39, 0.29) is 16.5 Å². The Balaban J connectivity index is 2.36. The average Bonchev–Trinajstić information content (AvgIpc) is 2.52. The summed E-state index contributed by atoms with van der Waals surface area (Å²) in [5.41, 5.74) is 1.97. The standard InChI is InChI=1S/C17H16Cl2N2O3/c1-9-12(18)5-4-6-14(9)21-17(23)11-7-13(19)15(20-10(2)22)8-16(11)24-3/h4-8H,1-3H3,(H,20,22)(H,21,23). The number of halogens is 2. The summed E-state index contributed by atoms with van der Waals surface area (Å²) in [7, 11) is 1.43. The minimum Gasteiger partial charge on any atom is -0.496 e. The van der Waals surface area contributed by atoms with Crippen LogP contribution in [-0.2, 0) is 4.79 Å². The number of hydrogen-bond donors (Lipinski definition) is 2. The SMILES string of the molecule is COc1cc(NC(C)=O)c(Cl)cc1C(=O)Nc1cccc(Cl)c1C. The lowest BCUT2D eigenvalue weighted by molar-refractivity contribution is -0.114. The monoisotopic (exact) mass is 366 g/mol. The van der Waals surface area contributed by atoms with Crippen molar-refractivity contribution in [2.45, 2.75) is 13.8 Å². The van der Waals surface area contributed by atoms with Crippen LogP contribution in [0.25, 0.3) is 0 Å². The molecule has 2 amide bonds. The number of amides is 2. The molecule has 0 fully saturated rings. The highest BCUT2D eigenvalue weighted by atomic mass is 35.5. The molecule has 0 heterocycles. The van der Waals surface area contributed by atoms with Crippen LogP contribution < -0.4 is 15.4 Å². The largest absolute Gasteiger partial charge is 0.496 e. The second-order valence-electron chi connectivity index (χ2n) is 5.08. The fourth-order valence-electron chi connectivity index (χ4n) is 2.12. The predicted octanol–water partition coefficient (Wildman–Crippen LogP) is 4.52. The molecule has 0 aliphatic heterocycles. The summed E-state index contributed by atoms with van der Waals surface area (Å²) < 4.78 is 5.24. The Morgan fingerprint density at radius 3 is 2.38 bits per heavy atom. The molecule has 2 aromatic carbocycles. The first-order chi connectivity index (χ1) is 11.3. The fraction of sp³-hybridized carbons (Fsp3) is 0.176. The van der Waals surface area contributed by atoms with Crippen molar-refractivity contribution < 1.29 is 14.3 Å².